The summed E-state index contributed by atoms with van der Waals surface area (Å²) in [4.78, 5) is 11.1. The number of halogens is 3. The van der Waals surface area contributed by atoms with Gasteiger partial charge in [0.1, 0.15) is 0 Å². The second-order valence-corrected chi connectivity index (χ2v) is 5.35. The quantitative estimate of drug-likeness (QED) is 0.589. The van der Waals surface area contributed by atoms with Gasteiger partial charge in [-0.05, 0) is 12.0 Å². The largest absolute Gasteiger partial charge is 0.523 e. The molecular formula is C11H11F3O4S. The van der Waals surface area contributed by atoms with E-state index in [-0.39, 0.29) is 0 Å². The Kier molecular flexibility index (Phi) is 4.70. The first-order chi connectivity index (χ1) is 8.69. The predicted octanol–water partition coefficient (Wildman–Crippen LogP) is 2.30. The molecule has 0 spiro atoms. The van der Waals surface area contributed by atoms with Gasteiger partial charge in [-0.25, -0.2) is 0 Å². The van der Waals surface area contributed by atoms with Crippen molar-refractivity contribution in [2.45, 2.75) is 18.3 Å². The average molecular weight is 296 g/mol. The summed E-state index contributed by atoms with van der Waals surface area (Å²) in [6.07, 6.45) is 1.65. The van der Waals surface area contributed by atoms with Gasteiger partial charge in [-0.2, -0.15) is 21.6 Å². The molecule has 1 aliphatic carbocycles. The number of fused-ring (bicyclic) bond motifs is 1. The number of ketones is 1. The fourth-order valence-electron chi connectivity index (χ4n) is 1.49. The van der Waals surface area contributed by atoms with Crippen molar-refractivity contribution in [2.24, 2.45) is 0 Å². The maximum atomic E-state index is 11.1. The van der Waals surface area contributed by atoms with Crippen molar-refractivity contribution < 1.29 is 30.6 Å². The van der Waals surface area contributed by atoms with Gasteiger partial charge < -0.3 is 0 Å². The summed E-state index contributed by atoms with van der Waals surface area (Å²) in [5, 5.41) is 0. The topological polar surface area (TPSA) is 60.4 Å². The second kappa shape index (κ2) is 5.70. The van der Waals surface area contributed by atoms with Crippen molar-refractivity contribution >= 4 is 15.9 Å². The highest BCUT2D eigenvalue weighted by molar-refractivity contribution is 7.87. The summed E-state index contributed by atoms with van der Waals surface area (Å²) in [5.41, 5.74) is -3.16. The number of Topliss-reactive ketones (excluding diaryl/α,β-unsaturated/α-hetero) is 1. The summed E-state index contributed by atoms with van der Waals surface area (Å²) >= 11 is 0. The van der Waals surface area contributed by atoms with Crippen LogP contribution in [0.3, 0.4) is 0 Å². The highest BCUT2D eigenvalue weighted by Crippen LogP contribution is 2.23. The first-order valence-electron chi connectivity index (χ1n) is 5.17. The van der Waals surface area contributed by atoms with E-state index in [1.807, 2.05) is 24.3 Å². The van der Waals surface area contributed by atoms with Gasteiger partial charge in [0.25, 0.3) is 0 Å². The molecule has 0 saturated carbocycles. The van der Waals surface area contributed by atoms with E-state index in [4.69, 9.17) is 0 Å². The second-order valence-electron chi connectivity index (χ2n) is 3.65. The molecule has 0 N–H and O–H groups in total. The Morgan fingerprint density at radius 3 is 2.16 bits per heavy atom. The fourth-order valence-corrected chi connectivity index (χ4v) is 1.68. The Morgan fingerprint density at radius 2 is 1.74 bits per heavy atom. The maximum Gasteiger partial charge on any atom is 0.523 e. The van der Waals surface area contributed by atoms with Crippen molar-refractivity contribution in [1.82, 2.24) is 0 Å². The Bertz CT molecular complexity index is 564. The third kappa shape index (κ3) is 3.77. The van der Waals surface area contributed by atoms with E-state index in [2.05, 4.69) is 4.18 Å². The molecule has 0 heterocycles. The summed E-state index contributed by atoms with van der Waals surface area (Å²) in [6, 6.07) is 7.84. The van der Waals surface area contributed by atoms with Crippen molar-refractivity contribution in [1.29, 1.82) is 0 Å². The van der Waals surface area contributed by atoms with Gasteiger partial charge in [-0.15, -0.1) is 0 Å². The summed E-state index contributed by atoms with van der Waals surface area (Å²) in [6.45, 7) is 0. The van der Waals surface area contributed by atoms with Crippen molar-refractivity contribution in [3.8, 4) is 0 Å². The summed E-state index contributed by atoms with van der Waals surface area (Å²) in [7, 11) is -4.89. The minimum atomic E-state index is -5.34. The number of aryl methyl sites for hydroxylation is 1. The van der Waals surface area contributed by atoms with E-state index in [0.717, 1.165) is 12.0 Å². The van der Waals surface area contributed by atoms with Gasteiger partial charge in [0, 0.05) is 12.0 Å². The Labute approximate surface area is 108 Å². The molecule has 1 aromatic rings. The van der Waals surface area contributed by atoms with Crippen LogP contribution in [-0.4, -0.2) is 26.8 Å². The number of carbonyl (C=O) groups is 1. The molecule has 106 valence electrons. The lowest BCUT2D eigenvalue weighted by Crippen LogP contribution is -2.23. The number of rotatable bonds is 1. The molecule has 2 rings (SSSR count). The van der Waals surface area contributed by atoms with Gasteiger partial charge in [0.15, 0.2) is 5.78 Å². The maximum absolute atomic E-state index is 11.1. The Morgan fingerprint density at radius 1 is 1.16 bits per heavy atom. The summed E-state index contributed by atoms with van der Waals surface area (Å²) in [5.74, 6) is 0.301. The Hall–Kier alpha value is -1.41. The smallest absolute Gasteiger partial charge is 0.294 e. The van der Waals surface area contributed by atoms with Crippen LogP contribution < -0.4 is 0 Å². The molecule has 0 aromatic heterocycles. The van der Waals surface area contributed by atoms with Gasteiger partial charge in [0.2, 0.25) is 0 Å². The van der Waals surface area contributed by atoms with Crippen LogP contribution in [0.15, 0.2) is 24.3 Å². The van der Waals surface area contributed by atoms with Crippen LogP contribution in [0.2, 0.25) is 0 Å². The van der Waals surface area contributed by atoms with Crippen LogP contribution in [0.4, 0.5) is 13.2 Å². The molecular weight excluding hydrogens is 285 g/mol. The van der Waals surface area contributed by atoms with E-state index < -0.39 is 15.6 Å². The molecule has 0 amide bonds. The fraction of sp³-hybridized carbons (Fsp3) is 0.364. The molecule has 0 bridgehead atoms. The molecule has 0 unspecified atom stereocenters. The first-order valence-corrected chi connectivity index (χ1v) is 6.58. The molecule has 4 nitrogen and oxygen atoms in total. The van der Waals surface area contributed by atoms with Gasteiger partial charge in [0.05, 0.1) is 7.11 Å². The van der Waals surface area contributed by atoms with Crippen LogP contribution in [0.1, 0.15) is 22.3 Å². The highest BCUT2D eigenvalue weighted by atomic mass is 32.2. The molecule has 0 atom stereocenters. The molecule has 0 fully saturated rings. The van der Waals surface area contributed by atoms with E-state index in [0.29, 0.717) is 19.3 Å². The zero-order valence-corrected chi connectivity index (χ0v) is 10.7. The molecule has 0 saturated heterocycles. The van der Waals surface area contributed by atoms with E-state index in [9.17, 15) is 26.4 Å². The third-order valence-corrected chi connectivity index (χ3v) is 3.45. The lowest BCUT2D eigenvalue weighted by Gasteiger charge is -2.02. The van der Waals surface area contributed by atoms with E-state index in [1.54, 1.807) is 0 Å². The normalized spacial score (nSPS) is 14.6. The molecule has 0 aliphatic heterocycles. The number of carbonyl (C=O) groups excluding carboxylic acids is 1. The molecule has 1 aliphatic rings. The highest BCUT2D eigenvalue weighted by Gasteiger charge is 2.46. The predicted molar refractivity (Wildman–Crippen MR) is 61.1 cm³/mol. The average Bonchev–Trinajstić information content (AvgIpc) is 2.71. The summed E-state index contributed by atoms with van der Waals surface area (Å²) < 4.78 is 55.9. The van der Waals surface area contributed by atoms with Crippen LogP contribution in [0, 0.1) is 0 Å². The zero-order chi connectivity index (χ0) is 14.7. The van der Waals surface area contributed by atoms with Crippen LogP contribution in [0.25, 0.3) is 0 Å². The minimum absolute atomic E-state index is 0.301. The van der Waals surface area contributed by atoms with E-state index in [1.165, 1.54) is 5.56 Å². The van der Waals surface area contributed by atoms with Gasteiger partial charge in [-0.1, -0.05) is 24.3 Å². The molecule has 8 heteroatoms. The zero-order valence-electron chi connectivity index (χ0n) is 9.90. The Balaban J connectivity index is 0.000000192. The van der Waals surface area contributed by atoms with Crippen molar-refractivity contribution in [3.05, 3.63) is 35.4 Å². The van der Waals surface area contributed by atoms with Gasteiger partial charge in [-0.3, -0.25) is 8.98 Å². The SMILES string of the molecule is COS(=O)(=O)C(F)(F)F.O=C1CCc2ccccc21. The molecule has 19 heavy (non-hydrogen) atoms. The van der Waals surface area contributed by atoms with Crippen molar-refractivity contribution in [2.75, 3.05) is 7.11 Å². The van der Waals surface area contributed by atoms with E-state index >= 15 is 0 Å². The number of hydrogen-bond acceptors (Lipinski definition) is 4. The number of alkyl halides is 3. The lowest BCUT2D eigenvalue weighted by atomic mass is 10.1. The molecule has 0 radical (unpaired) electrons. The van der Waals surface area contributed by atoms with Crippen LogP contribution >= 0.6 is 0 Å². The van der Waals surface area contributed by atoms with Crippen LogP contribution in [-0.2, 0) is 20.7 Å². The van der Waals surface area contributed by atoms with Crippen LogP contribution in [0.5, 0.6) is 0 Å². The van der Waals surface area contributed by atoms with Gasteiger partial charge >= 0.3 is 15.6 Å². The number of benzene rings is 1. The lowest BCUT2D eigenvalue weighted by molar-refractivity contribution is -0.0526. The number of hydrogen-bond donors (Lipinski definition) is 0. The monoisotopic (exact) mass is 296 g/mol. The third-order valence-electron chi connectivity index (χ3n) is 2.44. The van der Waals surface area contributed by atoms with Crippen molar-refractivity contribution in [3.63, 3.8) is 0 Å². The minimum Gasteiger partial charge on any atom is -0.294 e. The first kappa shape index (κ1) is 15.6. The molecule has 1 aromatic carbocycles. The standard InChI is InChI=1S/C9H8O.C2H3F3O3S/c10-9-6-5-7-3-1-2-4-8(7)9;1-8-9(6,7)2(3,4)5/h1-4H,5-6H2;1H3.